The Bertz CT molecular complexity index is 583. The van der Waals surface area contributed by atoms with Gasteiger partial charge < -0.3 is 10.0 Å². The molecule has 0 radical (unpaired) electrons. The number of anilines is 1. The van der Waals surface area contributed by atoms with Gasteiger partial charge in [0.25, 0.3) is 5.69 Å². The van der Waals surface area contributed by atoms with Crippen LogP contribution in [0, 0.1) is 28.9 Å². The minimum absolute atomic E-state index is 0.0321. The van der Waals surface area contributed by atoms with Crippen molar-refractivity contribution in [2.24, 2.45) is 11.8 Å². The number of nitro groups is 1. The van der Waals surface area contributed by atoms with Gasteiger partial charge in [0.15, 0.2) is 0 Å². The van der Waals surface area contributed by atoms with E-state index in [1.807, 2.05) is 0 Å². The van der Waals surface area contributed by atoms with Gasteiger partial charge >= 0.3 is 5.97 Å². The number of carboxylic acids is 1. The van der Waals surface area contributed by atoms with Crippen molar-refractivity contribution in [2.45, 2.75) is 27.2 Å². The summed E-state index contributed by atoms with van der Waals surface area (Å²) in [4.78, 5) is 23.9. The van der Waals surface area contributed by atoms with Crippen molar-refractivity contribution in [1.82, 2.24) is 0 Å². The fourth-order valence-electron chi connectivity index (χ4n) is 2.88. The fourth-order valence-corrected chi connectivity index (χ4v) is 2.88. The molecule has 1 aliphatic rings. The molecule has 1 aliphatic heterocycles. The van der Waals surface area contributed by atoms with Gasteiger partial charge in [-0.25, -0.2) is 4.79 Å². The molecule has 1 aromatic carbocycles. The molecule has 0 spiro atoms. The van der Waals surface area contributed by atoms with E-state index in [0.29, 0.717) is 23.1 Å². The van der Waals surface area contributed by atoms with Crippen LogP contribution in [-0.4, -0.2) is 29.1 Å². The predicted octanol–water partition coefficient (Wildman–Crippen LogP) is 3.08. The van der Waals surface area contributed by atoms with Gasteiger partial charge in [-0.2, -0.15) is 0 Å². The van der Waals surface area contributed by atoms with Crippen molar-refractivity contribution in [1.29, 1.82) is 0 Å². The lowest BCUT2D eigenvalue weighted by atomic mass is 9.95. The molecule has 0 aromatic heterocycles. The first-order chi connectivity index (χ1) is 9.81. The van der Waals surface area contributed by atoms with Gasteiger partial charge in [0, 0.05) is 24.8 Å². The lowest BCUT2D eigenvalue weighted by Crippen LogP contribution is -2.22. The summed E-state index contributed by atoms with van der Waals surface area (Å²) in [6, 6.07) is 2.69. The second-order valence-corrected chi connectivity index (χ2v) is 5.94. The van der Waals surface area contributed by atoms with Crippen molar-refractivity contribution in [3.05, 3.63) is 33.4 Å². The number of benzene rings is 1. The van der Waals surface area contributed by atoms with E-state index in [-0.39, 0.29) is 11.3 Å². The summed E-state index contributed by atoms with van der Waals surface area (Å²) < 4.78 is 0. The van der Waals surface area contributed by atoms with Gasteiger partial charge in [0.2, 0.25) is 0 Å². The molecule has 1 atom stereocenters. The molecule has 0 amide bonds. The Labute approximate surface area is 123 Å². The highest BCUT2D eigenvalue weighted by Crippen LogP contribution is 2.35. The number of hydrogen-bond acceptors (Lipinski definition) is 4. The van der Waals surface area contributed by atoms with E-state index in [1.54, 1.807) is 13.0 Å². The molecule has 1 heterocycles. The molecular weight excluding hydrogens is 272 g/mol. The maximum absolute atomic E-state index is 11.2. The molecule has 2 rings (SSSR count). The minimum Gasteiger partial charge on any atom is -0.478 e. The maximum atomic E-state index is 11.2. The molecule has 6 nitrogen and oxygen atoms in total. The van der Waals surface area contributed by atoms with Gasteiger partial charge in [0.05, 0.1) is 16.1 Å². The third-order valence-corrected chi connectivity index (χ3v) is 4.30. The highest BCUT2D eigenvalue weighted by molar-refractivity contribution is 5.90. The van der Waals surface area contributed by atoms with Crippen LogP contribution in [0.4, 0.5) is 11.4 Å². The monoisotopic (exact) mass is 292 g/mol. The predicted molar refractivity (Wildman–Crippen MR) is 80.0 cm³/mol. The summed E-state index contributed by atoms with van der Waals surface area (Å²) in [6.45, 7) is 7.64. The quantitative estimate of drug-likeness (QED) is 0.681. The molecule has 1 N–H and O–H groups in total. The number of nitro benzene ring substituents is 1. The molecule has 1 saturated heterocycles. The van der Waals surface area contributed by atoms with Gasteiger partial charge in [-0.3, -0.25) is 10.1 Å². The van der Waals surface area contributed by atoms with Gasteiger partial charge in [0.1, 0.15) is 0 Å². The molecule has 114 valence electrons. The number of nitrogens with zero attached hydrogens (tertiary/aromatic N) is 2. The molecular formula is C15H20N2O4. The summed E-state index contributed by atoms with van der Waals surface area (Å²) in [5, 5.41) is 20.3. The smallest absolute Gasteiger partial charge is 0.336 e. The number of hydrogen-bond donors (Lipinski definition) is 1. The zero-order valence-electron chi connectivity index (χ0n) is 12.5. The minimum atomic E-state index is -1.14. The normalized spacial score (nSPS) is 18.3. The van der Waals surface area contributed by atoms with Crippen molar-refractivity contribution >= 4 is 17.3 Å². The number of rotatable bonds is 4. The van der Waals surface area contributed by atoms with E-state index in [2.05, 4.69) is 18.7 Å². The average molecular weight is 292 g/mol. The van der Waals surface area contributed by atoms with E-state index < -0.39 is 10.9 Å². The largest absolute Gasteiger partial charge is 0.478 e. The van der Waals surface area contributed by atoms with Crippen LogP contribution in [0.15, 0.2) is 12.1 Å². The fraction of sp³-hybridized carbons (Fsp3) is 0.533. The number of carboxylic acid groups (broad SMARTS) is 1. The first-order valence-corrected chi connectivity index (χ1v) is 7.08. The van der Waals surface area contributed by atoms with Gasteiger partial charge in [-0.15, -0.1) is 0 Å². The summed E-state index contributed by atoms with van der Waals surface area (Å²) >= 11 is 0. The maximum Gasteiger partial charge on any atom is 0.336 e. The number of aromatic carboxylic acids is 1. The van der Waals surface area contributed by atoms with E-state index in [0.717, 1.165) is 25.6 Å². The molecule has 0 bridgehead atoms. The van der Waals surface area contributed by atoms with Gasteiger partial charge in [-0.1, -0.05) is 13.8 Å². The highest BCUT2D eigenvalue weighted by Gasteiger charge is 2.29. The first-order valence-electron chi connectivity index (χ1n) is 7.08. The van der Waals surface area contributed by atoms with Crippen LogP contribution in [0.1, 0.15) is 36.2 Å². The third-order valence-electron chi connectivity index (χ3n) is 4.30. The van der Waals surface area contributed by atoms with E-state index in [4.69, 9.17) is 5.11 Å². The van der Waals surface area contributed by atoms with Crippen molar-refractivity contribution in [3.63, 3.8) is 0 Å². The van der Waals surface area contributed by atoms with E-state index in [9.17, 15) is 14.9 Å². The Morgan fingerprint density at radius 2 is 2.14 bits per heavy atom. The van der Waals surface area contributed by atoms with Crippen LogP contribution in [-0.2, 0) is 0 Å². The Kier molecular flexibility index (Phi) is 4.16. The van der Waals surface area contributed by atoms with Crippen LogP contribution < -0.4 is 4.90 Å². The van der Waals surface area contributed by atoms with E-state index >= 15 is 0 Å². The lowest BCUT2D eigenvalue weighted by Gasteiger charge is -2.22. The number of carbonyl (C=O) groups is 1. The topological polar surface area (TPSA) is 83.7 Å². The first kappa shape index (κ1) is 15.3. The Hall–Kier alpha value is -2.11. The van der Waals surface area contributed by atoms with E-state index in [1.165, 1.54) is 0 Å². The van der Waals surface area contributed by atoms with Crippen LogP contribution >= 0.6 is 0 Å². The molecule has 1 fully saturated rings. The Morgan fingerprint density at radius 3 is 2.62 bits per heavy atom. The Morgan fingerprint density at radius 1 is 1.48 bits per heavy atom. The highest BCUT2D eigenvalue weighted by atomic mass is 16.6. The van der Waals surface area contributed by atoms with Crippen LogP contribution in [0.5, 0.6) is 0 Å². The third kappa shape index (κ3) is 2.99. The second-order valence-electron chi connectivity index (χ2n) is 5.94. The lowest BCUT2D eigenvalue weighted by molar-refractivity contribution is -0.385. The van der Waals surface area contributed by atoms with Crippen molar-refractivity contribution in [2.75, 3.05) is 18.0 Å². The van der Waals surface area contributed by atoms with Crippen molar-refractivity contribution < 1.29 is 14.8 Å². The summed E-state index contributed by atoms with van der Waals surface area (Å²) in [7, 11) is 0. The van der Waals surface area contributed by atoms with Crippen LogP contribution in [0.25, 0.3) is 0 Å². The molecule has 1 unspecified atom stereocenters. The zero-order valence-corrected chi connectivity index (χ0v) is 12.5. The second kappa shape index (κ2) is 5.71. The molecule has 0 aliphatic carbocycles. The Balaban J connectivity index is 2.43. The molecule has 6 heteroatoms. The average Bonchev–Trinajstić information content (AvgIpc) is 2.87. The molecule has 21 heavy (non-hydrogen) atoms. The molecule has 0 saturated carbocycles. The standard InChI is InChI=1S/C15H20N2O4/c1-9(2)11-4-5-16(8-11)13-6-12(15(18)19)7-14(10(13)3)17(20)21/h6-7,9,11H,4-5,8H2,1-3H3,(H,18,19). The summed E-state index contributed by atoms with van der Waals surface area (Å²) in [5.74, 6) is -0.0520. The van der Waals surface area contributed by atoms with Crippen LogP contribution in [0.2, 0.25) is 0 Å². The molecule has 1 aromatic rings. The summed E-state index contributed by atoms with van der Waals surface area (Å²) in [5.41, 5.74) is 1.05. The van der Waals surface area contributed by atoms with Crippen LogP contribution in [0.3, 0.4) is 0 Å². The van der Waals surface area contributed by atoms with Crippen molar-refractivity contribution in [3.8, 4) is 0 Å². The SMILES string of the molecule is Cc1c(N2CCC(C(C)C)C2)cc(C(=O)O)cc1[N+](=O)[O-]. The summed E-state index contributed by atoms with van der Waals surface area (Å²) in [6.07, 6.45) is 1.03. The zero-order chi connectivity index (χ0) is 15.7. The van der Waals surface area contributed by atoms with Gasteiger partial charge in [-0.05, 0) is 31.2 Å².